The molecule has 0 spiro atoms. The Kier molecular flexibility index (Phi) is 11.7. The number of carbonyl (C=O) groups is 3. The second-order valence-corrected chi connectivity index (χ2v) is 12.9. The summed E-state index contributed by atoms with van der Waals surface area (Å²) in [5, 5.41) is 7.92. The zero-order valence-electron chi connectivity index (χ0n) is 23.8. The highest BCUT2D eigenvalue weighted by molar-refractivity contribution is 7.89. The number of carbonyl (C=O) groups excluding carboxylic acids is 3. The molecule has 12 heteroatoms. The zero-order valence-corrected chi connectivity index (χ0v) is 25.5. The van der Waals surface area contributed by atoms with Crippen LogP contribution in [-0.2, 0) is 23.0 Å². The molecule has 1 aliphatic rings. The molecule has 0 saturated carbocycles. The monoisotopic (exact) mass is 591 g/mol. The zero-order chi connectivity index (χ0) is 29.3. The van der Waals surface area contributed by atoms with Crippen LogP contribution >= 0.6 is 11.3 Å². The maximum absolute atomic E-state index is 13.3. The molecule has 4 amide bonds. The van der Waals surface area contributed by atoms with Crippen LogP contribution in [0, 0.1) is 0 Å². The summed E-state index contributed by atoms with van der Waals surface area (Å²) in [7, 11) is -2.26. The first-order chi connectivity index (χ1) is 19.2. The molecule has 0 fully saturated rings. The number of fused-ring (bicyclic) bond motifs is 1. The number of urea groups is 1. The predicted octanol–water partition coefficient (Wildman–Crippen LogP) is 4.43. The highest BCUT2D eigenvalue weighted by atomic mass is 32.2. The van der Waals surface area contributed by atoms with Crippen molar-refractivity contribution < 1.29 is 22.8 Å². The van der Waals surface area contributed by atoms with Crippen LogP contribution in [0.3, 0.4) is 0 Å². The van der Waals surface area contributed by atoms with Gasteiger partial charge >= 0.3 is 6.03 Å². The lowest BCUT2D eigenvalue weighted by Gasteiger charge is -2.26. The van der Waals surface area contributed by atoms with Crippen molar-refractivity contribution in [3.05, 3.63) is 45.8 Å². The van der Waals surface area contributed by atoms with Crippen LogP contribution in [0.1, 0.15) is 84.0 Å². The summed E-state index contributed by atoms with van der Waals surface area (Å²) < 4.78 is 28.1. The number of anilines is 1. The van der Waals surface area contributed by atoms with Gasteiger partial charge in [0.25, 0.3) is 11.8 Å². The van der Waals surface area contributed by atoms with Gasteiger partial charge in [-0.15, -0.1) is 11.3 Å². The lowest BCUT2D eigenvalue weighted by Crippen LogP contribution is -2.38. The number of rotatable bonds is 13. The van der Waals surface area contributed by atoms with Crippen LogP contribution in [0.5, 0.6) is 0 Å². The average Bonchev–Trinajstić information content (AvgIpc) is 3.30. The van der Waals surface area contributed by atoms with E-state index >= 15 is 0 Å². The number of unbranched alkanes of at least 4 members (excludes halogenated alkanes) is 2. The van der Waals surface area contributed by atoms with E-state index in [9.17, 15) is 22.8 Å². The Balaban J connectivity index is 1.85. The molecular weight excluding hydrogens is 550 g/mol. The number of benzene rings is 1. The van der Waals surface area contributed by atoms with Crippen molar-refractivity contribution in [3.63, 3.8) is 0 Å². The van der Waals surface area contributed by atoms with Crippen molar-refractivity contribution in [2.75, 3.05) is 38.5 Å². The third-order valence-corrected chi connectivity index (χ3v) is 9.91. The van der Waals surface area contributed by atoms with Gasteiger partial charge in [0.2, 0.25) is 10.0 Å². The van der Waals surface area contributed by atoms with Gasteiger partial charge in [0.05, 0.1) is 10.5 Å². The second kappa shape index (κ2) is 14.7. The molecule has 10 nitrogen and oxygen atoms in total. The fourth-order valence-electron chi connectivity index (χ4n) is 4.64. The first-order valence-corrected chi connectivity index (χ1v) is 16.2. The second-order valence-electron chi connectivity index (χ2n) is 9.86. The van der Waals surface area contributed by atoms with Gasteiger partial charge in [0.15, 0.2) is 0 Å². The number of hydrogen-bond donors (Lipinski definition) is 3. The molecular formula is C28H41N5O5S2. The topological polar surface area (TPSA) is 128 Å². The van der Waals surface area contributed by atoms with Gasteiger partial charge in [-0.1, -0.05) is 33.6 Å². The Hall–Kier alpha value is -2.80. The van der Waals surface area contributed by atoms with Crippen LogP contribution < -0.4 is 16.0 Å². The molecule has 0 aliphatic carbocycles. The molecule has 2 aromatic rings. The fraction of sp³-hybridized carbons (Fsp3) is 0.536. The molecule has 0 atom stereocenters. The molecule has 1 aromatic heterocycles. The largest absolute Gasteiger partial charge is 0.341 e. The number of hydrogen-bond acceptors (Lipinski definition) is 7. The maximum Gasteiger partial charge on any atom is 0.321 e. The van der Waals surface area contributed by atoms with Crippen LogP contribution in [-0.4, -0.2) is 68.7 Å². The Morgan fingerprint density at radius 2 is 1.62 bits per heavy atom. The summed E-state index contributed by atoms with van der Waals surface area (Å²) in [6.07, 6.45) is 4.99. The van der Waals surface area contributed by atoms with Gasteiger partial charge in [-0.3, -0.25) is 19.8 Å². The summed E-state index contributed by atoms with van der Waals surface area (Å²) in [6, 6.07) is 5.25. The SMILES string of the molecule is CCCCN(CCCC)S(=O)(=O)c1ccc(C(=O)Nc2sc3c(c2C(=O)NC(=O)NC)CCN(CCC)C3)cc1. The molecule has 1 aromatic carbocycles. The minimum Gasteiger partial charge on any atom is -0.341 e. The maximum atomic E-state index is 13.3. The van der Waals surface area contributed by atoms with E-state index in [1.165, 1.54) is 47.0 Å². The molecule has 0 radical (unpaired) electrons. The quantitative estimate of drug-likeness (QED) is 0.316. The van der Waals surface area contributed by atoms with Gasteiger partial charge in [-0.2, -0.15) is 4.31 Å². The van der Waals surface area contributed by atoms with Crippen molar-refractivity contribution >= 4 is 44.2 Å². The predicted molar refractivity (Wildman–Crippen MR) is 158 cm³/mol. The summed E-state index contributed by atoms with van der Waals surface area (Å²) >= 11 is 1.34. The van der Waals surface area contributed by atoms with Gasteiger partial charge < -0.3 is 10.6 Å². The van der Waals surface area contributed by atoms with E-state index in [-0.39, 0.29) is 10.5 Å². The summed E-state index contributed by atoms with van der Waals surface area (Å²) in [5.74, 6) is -1.03. The molecule has 3 N–H and O–H groups in total. The standard InChI is InChI=1S/C28H41N5O5S2/c1-5-8-16-33(17-9-6-2)40(37,38)21-12-10-20(11-13-21)25(34)30-27-24(26(35)31-28(36)29-4)22-14-18-32(15-7-3)19-23(22)39-27/h10-13H,5-9,14-19H2,1-4H3,(H,30,34)(H2,29,31,35,36). The van der Waals surface area contributed by atoms with Crippen LogP contribution in [0.15, 0.2) is 29.2 Å². The van der Waals surface area contributed by atoms with E-state index in [1.807, 2.05) is 13.8 Å². The van der Waals surface area contributed by atoms with Crippen LogP contribution in [0.2, 0.25) is 0 Å². The molecule has 40 heavy (non-hydrogen) atoms. The molecule has 220 valence electrons. The molecule has 1 aliphatic heterocycles. The molecule has 0 saturated heterocycles. The first kappa shape index (κ1) is 31.7. The molecule has 3 rings (SSSR count). The van der Waals surface area contributed by atoms with Crippen molar-refractivity contribution in [2.45, 2.75) is 70.7 Å². The summed E-state index contributed by atoms with van der Waals surface area (Å²) in [5.41, 5.74) is 1.41. The lowest BCUT2D eigenvalue weighted by molar-refractivity contribution is 0.0964. The van der Waals surface area contributed by atoms with Gasteiger partial charge in [-0.05, 0) is 62.1 Å². The lowest BCUT2D eigenvalue weighted by atomic mass is 10.0. The van der Waals surface area contributed by atoms with Crippen molar-refractivity contribution in [3.8, 4) is 0 Å². The summed E-state index contributed by atoms with van der Waals surface area (Å²) in [4.78, 5) is 41.6. The van der Waals surface area contributed by atoms with E-state index in [2.05, 4.69) is 27.8 Å². The van der Waals surface area contributed by atoms with E-state index in [1.54, 1.807) is 0 Å². The summed E-state index contributed by atoms with van der Waals surface area (Å²) in [6.45, 7) is 9.47. The van der Waals surface area contributed by atoms with Crippen LogP contribution in [0.25, 0.3) is 0 Å². The minimum atomic E-state index is -3.68. The van der Waals surface area contributed by atoms with E-state index in [0.29, 0.717) is 36.6 Å². The number of sulfonamides is 1. The van der Waals surface area contributed by atoms with Crippen molar-refractivity contribution in [1.29, 1.82) is 0 Å². The Morgan fingerprint density at radius 3 is 2.20 bits per heavy atom. The molecule has 0 unspecified atom stereocenters. The Labute approximate surface area is 241 Å². The first-order valence-electron chi connectivity index (χ1n) is 14.0. The molecule has 0 bridgehead atoms. The smallest absolute Gasteiger partial charge is 0.321 e. The van der Waals surface area contributed by atoms with Crippen molar-refractivity contribution in [1.82, 2.24) is 19.8 Å². The third kappa shape index (κ3) is 7.68. The highest BCUT2D eigenvalue weighted by Crippen LogP contribution is 2.37. The Morgan fingerprint density at radius 1 is 0.975 bits per heavy atom. The van der Waals surface area contributed by atoms with Gasteiger partial charge in [-0.25, -0.2) is 13.2 Å². The van der Waals surface area contributed by atoms with E-state index < -0.39 is 27.9 Å². The van der Waals surface area contributed by atoms with Gasteiger partial charge in [0, 0.05) is 43.7 Å². The average molecular weight is 592 g/mol. The van der Waals surface area contributed by atoms with Crippen molar-refractivity contribution in [2.24, 2.45) is 0 Å². The minimum absolute atomic E-state index is 0.143. The van der Waals surface area contributed by atoms with E-state index in [4.69, 9.17) is 0 Å². The number of imide groups is 1. The van der Waals surface area contributed by atoms with Crippen LogP contribution in [0.4, 0.5) is 9.80 Å². The number of nitrogens with zero attached hydrogens (tertiary/aromatic N) is 2. The van der Waals surface area contributed by atoms with Gasteiger partial charge in [0.1, 0.15) is 5.00 Å². The fourth-order valence-corrected chi connectivity index (χ4v) is 7.44. The highest BCUT2D eigenvalue weighted by Gasteiger charge is 2.30. The number of nitrogens with one attached hydrogen (secondary N) is 3. The van der Waals surface area contributed by atoms with E-state index in [0.717, 1.165) is 55.6 Å². The Bertz CT molecular complexity index is 1280. The third-order valence-electron chi connectivity index (χ3n) is 6.86. The normalized spacial score (nSPS) is 13.6. The molecule has 2 heterocycles. The number of amides is 4. The number of thiophene rings is 1.